The summed E-state index contributed by atoms with van der Waals surface area (Å²) in [5.41, 5.74) is 2.70. The summed E-state index contributed by atoms with van der Waals surface area (Å²) in [6.07, 6.45) is 6.67. The van der Waals surface area contributed by atoms with E-state index in [0.29, 0.717) is 11.6 Å². The molecule has 104 valence electrons. The Morgan fingerprint density at radius 2 is 1.95 bits per heavy atom. The Kier molecular flexibility index (Phi) is 3.38. The maximum Gasteiger partial charge on any atom is 0.0768 e. The molecule has 0 radical (unpaired) electrons. The van der Waals surface area contributed by atoms with Crippen molar-refractivity contribution in [1.82, 2.24) is 0 Å². The Bertz CT molecular complexity index is 464. The summed E-state index contributed by atoms with van der Waals surface area (Å²) in [6, 6.07) is 6.77. The monoisotopic (exact) mass is 278 g/mol. The summed E-state index contributed by atoms with van der Waals surface area (Å²) in [5.74, 6) is 0. The van der Waals surface area contributed by atoms with Gasteiger partial charge in [0.2, 0.25) is 0 Å². The SMILES string of the molecule is CC(C)N1c2cccc(Cl)c2NCC12CCCCC2. The molecule has 0 atom stereocenters. The van der Waals surface area contributed by atoms with E-state index in [4.69, 9.17) is 11.6 Å². The van der Waals surface area contributed by atoms with Gasteiger partial charge in [0, 0.05) is 12.6 Å². The fourth-order valence-corrected chi connectivity index (χ4v) is 4.17. The van der Waals surface area contributed by atoms with Gasteiger partial charge in [-0.05, 0) is 38.8 Å². The molecule has 0 bridgehead atoms. The summed E-state index contributed by atoms with van der Waals surface area (Å²) >= 11 is 6.35. The zero-order chi connectivity index (χ0) is 13.5. The standard InChI is InChI=1S/C16H23ClN2/c1-12(2)19-14-8-6-7-13(17)15(14)18-11-16(19)9-4-3-5-10-16/h6-8,12,18H,3-5,9-11H2,1-2H3. The highest BCUT2D eigenvalue weighted by molar-refractivity contribution is 6.34. The van der Waals surface area contributed by atoms with Crippen molar-refractivity contribution < 1.29 is 0 Å². The molecule has 1 aromatic rings. The third-order valence-corrected chi connectivity index (χ3v) is 4.97. The molecule has 19 heavy (non-hydrogen) atoms. The van der Waals surface area contributed by atoms with Gasteiger partial charge in [0.05, 0.1) is 21.9 Å². The number of fused-ring (bicyclic) bond motifs is 1. The van der Waals surface area contributed by atoms with Gasteiger partial charge in [-0.25, -0.2) is 0 Å². The lowest BCUT2D eigenvalue weighted by Gasteiger charge is -2.53. The predicted octanol–water partition coefficient (Wildman–Crippen LogP) is 4.68. The summed E-state index contributed by atoms with van der Waals surface area (Å²) in [5, 5.41) is 4.44. The van der Waals surface area contributed by atoms with Crippen LogP contribution in [-0.4, -0.2) is 18.1 Å². The molecule has 2 aliphatic rings. The van der Waals surface area contributed by atoms with Crippen LogP contribution in [0.2, 0.25) is 5.02 Å². The zero-order valence-corrected chi connectivity index (χ0v) is 12.6. The molecule has 0 saturated heterocycles. The van der Waals surface area contributed by atoms with Crippen LogP contribution in [0.4, 0.5) is 11.4 Å². The number of nitrogens with one attached hydrogen (secondary N) is 1. The van der Waals surface area contributed by atoms with E-state index in [1.807, 2.05) is 6.07 Å². The number of hydrogen-bond donors (Lipinski definition) is 1. The Balaban J connectivity index is 2.07. The molecule has 3 heteroatoms. The summed E-state index contributed by atoms with van der Waals surface area (Å²) in [6.45, 7) is 5.63. The molecule has 2 nitrogen and oxygen atoms in total. The molecule has 0 amide bonds. The van der Waals surface area contributed by atoms with E-state index in [-0.39, 0.29) is 0 Å². The van der Waals surface area contributed by atoms with Crippen molar-refractivity contribution in [2.24, 2.45) is 0 Å². The molecule has 1 aromatic carbocycles. The third-order valence-electron chi connectivity index (χ3n) is 4.66. The highest BCUT2D eigenvalue weighted by Crippen LogP contribution is 2.46. The second-order valence-corrected chi connectivity index (χ2v) is 6.64. The van der Waals surface area contributed by atoms with E-state index < -0.39 is 0 Å². The molecule has 1 fully saturated rings. The minimum Gasteiger partial charge on any atom is -0.380 e. The minimum absolute atomic E-state index is 0.296. The first-order valence-corrected chi connectivity index (χ1v) is 7.84. The van der Waals surface area contributed by atoms with Crippen molar-refractivity contribution in [2.75, 3.05) is 16.8 Å². The molecule has 1 spiro atoms. The molecular formula is C16H23ClN2. The van der Waals surface area contributed by atoms with Crippen molar-refractivity contribution in [1.29, 1.82) is 0 Å². The normalized spacial score (nSPS) is 21.4. The number of nitrogens with zero attached hydrogens (tertiary/aromatic N) is 1. The van der Waals surface area contributed by atoms with Gasteiger partial charge in [0.25, 0.3) is 0 Å². The summed E-state index contributed by atoms with van der Waals surface area (Å²) in [7, 11) is 0. The number of halogens is 1. The number of rotatable bonds is 1. The van der Waals surface area contributed by atoms with Gasteiger partial charge in [0.1, 0.15) is 0 Å². The van der Waals surface area contributed by atoms with E-state index in [9.17, 15) is 0 Å². The van der Waals surface area contributed by atoms with Crippen LogP contribution in [0.1, 0.15) is 46.0 Å². The van der Waals surface area contributed by atoms with Gasteiger partial charge in [-0.2, -0.15) is 0 Å². The van der Waals surface area contributed by atoms with Crippen molar-refractivity contribution in [3.63, 3.8) is 0 Å². The van der Waals surface area contributed by atoms with Gasteiger partial charge in [-0.1, -0.05) is 36.9 Å². The van der Waals surface area contributed by atoms with Crippen LogP contribution in [0.15, 0.2) is 18.2 Å². The topological polar surface area (TPSA) is 15.3 Å². The van der Waals surface area contributed by atoms with Crippen LogP contribution in [0.3, 0.4) is 0 Å². The summed E-state index contributed by atoms with van der Waals surface area (Å²) in [4.78, 5) is 2.63. The van der Waals surface area contributed by atoms with Crippen LogP contribution in [0.25, 0.3) is 0 Å². The van der Waals surface area contributed by atoms with Crippen molar-refractivity contribution in [3.05, 3.63) is 23.2 Å². The molecule has 0 aromatic heterocycles. The van der Waals surface area contributed by atoms with E-state index in [1.54, 1.807) is 0 Å². The molecular weight excluding hydrogens is 256 g/mol. The van der Waals surface area contributed by atoms with Gasteiger partial charge in [-0.15, -0.1) is 0 Å². The summed E-state index contributed by atoms with van der Waals surface area (Å²) < 4.78 is 0. The first-order chi connectivity index (χ1) is 9.14. The largest absolute Gasteiger partial charge is 0.380 e. The Hall–Kier alpha value is -0.890. The van der Waals surface area contributed by atoms with Gasteiger partial charge >= 0.3 is 0 Å². The molecule has 1 aliphatic carbocycles. The smallest absolute Gasteiger partial charge is 0.0768 e. The molecule has 0 unspecified atom stereocenters. The maximum atomic E-state index is 6.35. The Labute approximate surface area is 121 Å². The average molecular weight is 279 g/mol. The maximum absolute atomic E-state index is 6.35. The van der Waals surface area contributed by atoms with Crippen molar-refractivity contribution in [3.8, 4) is 0 Å². The van der Waals surface area contributed by atoms with E-state index in [2.05, 4.69) is 36.2 Å². The lowest BCUT2D eigenvalue weighted by molar-refractivity contribution is 0.270. The third kappa shape index (κ3) is 2.10. The lowest BCUT2D eigenvalue weighted by atomic mass is 9.77. The Morgan fingerprint density at radius 1 is 1.21 bits per heavy atom. The van der Waals surface area contributed by atoms with Crippen LogP contribution < -0.4 is 10.2 Å². The average Bonchev–Trinajstić information content (AvgIpc) is 2.39. The first kappa shape index (κ1) is 13.1. The van der Waals surface area contributed by atoms with Crippen LogP contribution in [0, 0.1) is 0 Å². The van der Waals surface area contributed by atoms with Crippen LogP contribution in [-0.2, 0) is 0 Å². The van der Waals surface area contributed by atoms with Gasteiger partial charge in [-0.3, -0.25) is 0 Å². The van der Waals surface area contributed by atoms with E-state index in [0.717, 1.165) is 17.3 Å². The molecule has 1 N–H and O–H groups in total. The number of benzene rings is 1. The fraction of sp³-hybridized carbons (Fsp3) is 0.625. The molecule has 1 heterocycles. The van der Waals surface area contributed by atoms with Crippen LogP contribution >= 0.6 is 11.6 Å². The van der Waals surface area contributed by atoms with E-state index >= 15 is 0 Å². The molecule has 3 rings (SSSR count). The zero-order valence-electron chi connectivity index (χ0n) is 11.9. The quantitative estimate of drug-likeness (QED) is 0.802. The first-order valence-electron chi connectivity index (χ1n) is 7.46. The lowest BCUT2D eigenvalue weighted by Crippen LogP contribution is -2.59. The Morgan fingerprint density at radius 3 is 2.63 bits per heavy atom. The number of para-hydroxylation sites is 1. The van der Waals surface area contributed by atoms with Gasteiger partial charge in [0.15, 0.2) is 0 Å². The predicted molar refractivity (Wildman–Crippen MR) is 83.4 cm³/mol. The second-order valence-electron chi connectivity index (χ2n) is 6.24. The highest BCUT2D eigenvalue weighted by Gasteiger charge is 2.43. The molecule has 1 aliphatic heterocycles. The van der Waals surface area contributed by atoms with Crippen molar-refractivity contribution in [2.45, 2.75) is 57.5 Å². The molecule has 1 saturated carbocycles. The highest BCUT2D eigenvalue weighted by atomic mass is 35.5. The second kappa shape index (κ2) is 4.90. The minimum atomic E-state index is 0.296. The van der Waals surface area contributed by atoms with Crippen LogP contribution in [0.5, 0.6) is 0 Å². The van der Waals surface area contributed by atoms with Crippen molar-refractivity contribution >= 4 is 23.0 Å². The number of hydrogen-bond acceptors (Lipinski definition) is 2. The fourth-order valence-electron chi connectivity index (χ4n) is 3.94. The van der Waals surface area contributed by atoms with E-state index in [1.165, 1.54) is 37.8 Å². The van der Waals surface area contributed by atoms with Gasteiger partial charge < -0.3 is 10.2 Å². The number of anilines is 2.